The van der Waals surface area contributed by atoms with Gasteiger partial charge in [-0.1, -0.05) is 24.4 Å². The lowest BCUT2D eigenvalue weighted by atomic mass is 9.77. The fraction of sp³-hybridized carbons (Fsp3) is 0.571. The summed E-state index contributed by atoms with van der Waals surface area (Å²) in [6, 6.07) is 5.33. The Kier molecular flexibility index (Phi) is 4.15. The van der Waals surface area contributed by atoms with Crippen LogP contribution in [0.25, 0.3) is 0 Å². The molecule has 1 aliphatic carbocycles. The number of hydrogen-bond donors (Lipinski definition) is 1. The van der Waals surface area contributed by atoms with Crippen LogP contribution < -0.4 is 4.74 Å². The third kappa shape index (κ3) is 2.35. The van der Waals surface area contributed by atoms with Crippen LogP contribution in [0, 0.1) is 0 Å². The first-order chi connectivity index (χ1) is 8.61. The summed E-state index contributed by atoms with van der Waals surface area (Å²) < 4.78 is 10.8. The SMILES string of the molecule is COc1ccc(Cl)cc1C1(O)CCCCC1OC. The molecule has 0 saturated heterocycles. The maximum absolute atomic E-state index is 11.0. The van der Waals surface area contributed by atoms with Crippen molar-refractivity contribution in [3.05, 3.63) is 28.8 Å². The Labute approximate surface area is 113 Å². The lowest BCUT2D eigenvalue weighted by molar-refractivity contribution is -0.123. The molecule has 0 aromatic heterocycles. The minimum atomic E-state index is -1.01. The van der Waals surface area contributed by atoms with Gasteiger partial charge in [-0.25, -0.2) is 0 Å². The molecule has 0 radical (unpaired) electrons. The quantitative estimate of drug-likeness (QED) is 0.917. The molecule has 0 bridgehead atoms. The van der Waals surface area contributed by atoms with E-state index < -0.39 is 5.60 Å². The van der Waals surface area contributed by atoms with Crippen molar-refractivity contribution in [3.8, 4) is 5.75 Å². The Hall–Kier alpha value is -0.770. The highest BCUT2D eigenvalue weighted by Crippen LogP contribution is 2.43. The first-order valence-electron chi connectivity index (χ1n) is 6.21. The lowest BCUT2D eigenvalue weighted by Gasteiger charge is -2.40. The molecule has 2 atom stereocenters. The first kappa shape index (κ1) is 13.7. The van der Waals surface area contributed by atoms with Gasteiger partial charge in [-0.05, 0) is 31.0 Å². The Morgan fingerprint density at radius 2 is 2.11 bits per heavy atom. The zero-order valence-corrected chi connectivity index (χ0v) is 11.5. The van der Waals surface area contributed by atoms with Gasteiger partial charge < -0.3 is 14.6 Å². The number of ether oxygens (including phenoxy) is 2. The fourth-order valence-corrected chi connectivity index (χ4v) is 2.94. The Morgan fingerprint density at radius 1 is 1.33 bits per heavy atom. The molecule has 0 spiro atoms. The molecule has 1 aromatic carbocycles. The van der Waals surface area contributed by atoms with Crippen molar-refractivity contribution < 1.29 is 14.6 Å². The minimum Gasteiger partial charge on any atom is -0.496 e. The van der Waals surface area contributed by atoms with Crippen molar-refractivity contribution >= 4 is 11.6 Å². The van der Waals surface area contributed by atoms with Crippen LogP contribution in [0.5, 0.6) is 5.75 Å². The summed E-state index contributed by atoms with van der Waals surface area (Å²) in [7, 11) is 3.23. The Bertz CT molecular complexity index is 422. The van der Waals surface area contributed by atoms with Crippen LogP contribution in [0.4, 0.5) is 0 Å². The zero-order valence-electron chi connectivity index (χ0n) is 10.8. The molecule has 2 unspecified atom stereocenters. The van der Waals surface area contributed by atoms with Gasteiger partial charge in [-0.2, -0.15) is 0 Å². The molecule has 18 heavy (non-hydrogen) atoms. The van der Waals surface area contributed by atoms with Gasteiger partial charge in [-0.15, -0.1) is 0 Å². The number of hydrogen-bond acceptors (Lipinski definition) is 3. The lowest BCUT2D eigenvalue weighted by Crippen LogP contribution is -2.43. The van der Waals surface area contributed by atoms with Crippen molar-refractivity contribution in [1.29, 1.82) is 0 Å². The van der Waals surface area contributed by atoms with E-state index in [4.69, 9.17) is 21.1 Å². The molecular weight excluding hydrogens is 252 g/mol. The highest BCUT2D eigenvalue weighted by molar-refractivity contribution is 6.30. The van der Waals surface area contributed by atoms with Gasteiger partial charge in [0.2, 0.25) is 0 Å². The summed E-state index contributed by atoms with van der Waals surface area (Å²) in [6.45, 7) is 0. The molecule has 1 aromatic rings. The van der Waals surface area contributed by atoms with Crippen LogP contribution in [0.1, 0.15) is 31.2 Å². The third-order valence-electron chi connectivity index (χ3n) is 3.72. The van der Waals surface area contributed by atoms with E-state index in [1.54, 1.807) is 32.4 Å². The molecule has 100 valence electrons. The highest BCUT2D eigenvalue weighted by Gasteiger charge is 2.42. The van der Waals surface area contributed by atoms with Crippen LogP contribution in [0.2, 0.25) is 5.02 Å². The van der Waals surface area contributed by atoms with E-state index in [2.05, 4.69) is 0 Å². The van der Waals surface area contributed by atoms with Gasteiger partial charge in [-0.3, -0.25) is 0 Å². The van der Waals surface area contributed by atoms with Crippen molar-refractivity contribution in [1.82, 2.24) is 0 Å². The van der Waals surface area contributed by atoms with Crippen molar-refractivity contribution in [2.24, 2.45) is 0 Å². The standard InChI is InChI=1S/C14H19ClO3/c1-17-12-7-6-10(15)9-11(12)14(16)8-4-3-5-13(14)18-2/h6-7,9,13,16H,3-5,8H2,1-2H3. The molecular formula is C14H19ClO3. The van der Waals surface area contributed by atoms with Gasteiger partial charge in [0.25, 0.3) is 0 Å². The highest BCUT2D eigenvalue weighted by atomic mass is 35.5. The van der Waals surface area contributed by atoms with Crippen LogP contribution in [-0.2, 0) is 10.3 Å². The van der Waals surface area contributed by atoms with Crippen LogP contribution in [0.15, 0.2) is 18.2 Å². The largest absolute Gasteiger partial charge is 0.496 e. The van der Waals surface area contributed by atoms with E-state index in [0.29, 0.717) is 17.2 Å². The second-order valence-electron chi connectivity index (χ2n) is 4.74. The predicted molar refractivity (Wildman–Crippen MR) is 71.2 cm³/mol. The average molecular weight is 271 g/mol. The van der Waals surface area contributed by atoms with Gasteiger partial charge in [0, 0.05) is 17.7 Å². The average Bonchev–Trinajstić information content (AvgIpc) is 2.39. The number of rotatable bonds is 3. The monoisotopic (exact) mass is 270 g/mol. The molecule has 1 saturated carbocycles. The molecule has 2 rings (SSSR count). The second-order valence-corrected chi connectivity index (χ2v) is 5.18. The Morgan fingerprint density at radius 3 is 2.78 bits per heavy atom. The van der Waals surface area contributed by atoms with E-state index >= 15 is 0 Å². The molecule has 1 fully saturated rings. The van der Waals surface area contributed by atoms with Crippen LogP contribution in [0.3, 0.4) is 0 Å². The molecule has 0 amide bonds. The van der Waals surface area contributed by atoms with Crippen molar-refractivity contribution in [3.63, 3.8) is 0 Å². The van der Waals surface area contributed by atoms with Crippen molar-refractivity contribution in [2.75, 3.05) is 14.2 Å². The Balaban J connectivity index is 2.46. The van der Waals surface area contributed by atoms with E-state index in [1.807, 2.05) is 0 Å². The summed E-state index contributed by atoms with van der Waals surface area (Å²) in [5.41, 5.74) is -0.285. The number of aliphatic hydroxyl groups is 1. The first-order valence-corrected chi connectivity index (χ1v) is 6.59. The molecule has 4 heteroatoms. The van der Waals surface area contributed by atoms with Crippen LogP contribution >= 0.6 is 11.6 Å². The smallest absolute Gasteiger partial charge is 0.125 e. The topological polar surface area (TPSA) is 38.7 Å². The normalized spacial score (nSPS) is 28.1. The van der Waals surface area contributed by atoms with E-state index in [1.165, 1.54) is 0 Å². The summed E-state index contributed by atoms with van der Waals surface area (Å²) in [5, 5.41) is 11.6. The molecule has 1 aliphatic rings. The van der Waals surface area contributed by atoms with Gasteiger partial charge in [0.05, 0.1) is 13.2 Å². The summed E-state index contributed by atoms with van der Waals surface area (Å²) in [6.07, 6.45) is 3.36. The third-order valence-corrected chi connectivity index (χ3v) is 3.95. The molecule has 3 nitrogen and oxygen atoms in total. The zero-order chi connectivity index (χ0) is 13.2. The molecule has 1 N–H and O–H groups in total. The number of benzene rings is 1. The number of methoxy groups -OCH3 is 2. The minimum absolute atomic E-state index is 0.210. The van der Waals surface area contributed by atoms with E-state index in [9.17, 15) is 5.11 Å². The second kappa shape index (κ2) is 5.47. The maximum Gasteiger partial charge on any atom is 0.125 e. The van der Waals surface area contributed by atoms with E-state index in [-0.39, 0.29) is 6.10 Å². The predicted octanol–water partition coefficient (Wildman–Crippen LogP) is 3.13. The van der Waals surface area contributed by atoms with Crippen molar-refractivity contribution in [2.45, 2.75) is 37.4 Å². The van der Waals surface area contributed by atoms with Gasteiger partial charge in [0.15, 0.2) is 0 Å². The number of halogens is 1. The fourth-order valence-electron chi connectivity index (χ4n) is 2.76. The maximum atomic E-state index is 11.0. The summed E-state index contributed by atoms with van der Waals surface area (Å²) >= 11 is 6.04. The van der Waals surface area contributed by atoms with Crippen LogP contribution in [-0.4, -0.2) is 25.4 Å². The summed E-state index contributed by atoms with van der Waals surface area (Å²) in [4.78, 5) is 0. The molecule has 0 heterocycles. The van der Waals surface area contributed by atoms with Gasteiger partial charge >= 0.3 is 0 Å². The van der Waals surface area contributed by atoms with Gasteiger partial charge in [0.1, 0.15) is 11.4 Å². The summed E-state index contributed by atoms with van der Waals surface area (Å²) in [5.74, 6) is 0.658. The van der Waals surface area contributed by atoms with E-state index in [0.717, 1.165) is 24.8 Å². The molecule has 0 aliphatic heterocycles.